The Bertz CT molecular complexity index is 2110. The van der Waals surface area contributed by atoms with E-state index >= 15 is 0 Å². The van der Waals surface area contributed by atoms with Gasteiger partial charge in [0.25, 0.3) is 0 Å². The zero-order valence-electron chi connectivity index (χ0n) is 35.5. The molecule has 1 aliphatic heterocycles. The molecule has 4 aromatic carbocycles. The van der Waals surface area contributed by atoms with E-state index in [4.69, 9.17) is 28.9 Å². The van der Waals surface area contributed by atoms with Crippen LogP contribution in [0.2, 0.25) is 0 Å². The molecule has 0 aromatic heterocycles. The maximum absolute atomic E-state index is 13.9. The average Bonchev–Trinajstić information content (AvgIpc) is 3.29. The lowest BCUT2D eigenvalue weighted by Gasteiger charge is -2.59. The minimum absolute atomic E-state index is 0.0803. The van der Waals surface area contributed by atoms with Crippen LogP contribution in [0.1, 0.15) is 75.3 Å². The van der Waals surface area contributed by atoms with Gasteiger partial charge in [0, 0.05) is 37.7 Å². The van der Waals surface area contributed by atoms with Crippen molar-refractivity contribution in [2.24, 2.45) is 22.9 Å². The zero-order chi connectivity index (χ0) is 42.6. The number of benzene rings is 4. The highest BCUT2D eigenvalue weighted by Gasteiger charge is 2.65. The van der Waals surface area contributed by atoms with Crippen molar-refractivity contribution in [3.8, 4) is 28.4 Å². The smallest absolute Gasteiger partial charge is 0.409 e. The number of rotatable bonds is 20. The Morgan fingerprint density at radius 2 is 1.59 bits per heavy atom. The predicted octanol–water partition coefficient (Wildman–Crippen LogP) is 10.5. The predicted molar refractivity (Wildman–Crippen MR) is 238 cm³/mol. The second-order valence-electron chi connectivity index (χ2n) is 16.2. The first-order valence-electron chi connectivity index (χ1n) is 21.9. The van der Waals surface area contributed by atoms with E-state index in [1.807, 2.05) is 79.7 Å². The van der Waals surface area contributed by atoms with Crippen LogP contribution >= 0.6 is 0 Å². The molecule has 6 atom stereocenters. The minimum Gasteiger partial charge on any atom is -0.459 e. The molecule has 6 unspecified atom stereocenters. The molecule has 3 aliphatic rings. The van der Waals surface area contributed by atoms with Crippen LogP contribution in [0.5, 0.6) is 17.2 Å². The third-order valence-corrected chi connectivity index (χ3v) is 12.3. The Balaban J connectivity index is 1.39. The summed E-state index contributed by atoms with van der Waals surface area (Å²) in [5.41, 5.74) is 5.91. The molecule has 1 fully saturated rings. The zero-order valence-corrected chi connectivity index (χ0v) is 35.5. The number of unbranched alkanes of at least 4 members (excludes halogenated alkanes) is 2. The number of amides is 1. The lowest BCUT2D eigenvalue weighted by atomic mass is 9.55. The van der Waals surface area contributed by atoms with Crippen LogP contribution in [0.15, 0.2) is 133 Å². The number of hydrogen-bond donors (Lipinski definition) is 2. The van der Waals surface area contributed by atoms with E-state index in [9.17, 15) is 15.0 Å². The van der Waals surface area contributed by atoms with Gasteiger partial charge in [-0.15, -0.1) is 6.58 Å². The molecule has 7 rings (SSSR count). The summed E-state index contributed by atoms with van der Waals surface area (Å²) in [6.07, 6.45) is 9.27. The number of carbonyl (C=O) groups is 1. The minimum atomic E-state index is -1.36. The summed E-state index contributed by atoms with van der Waals surface area (Å²) in [4.78, 5) is 21.8. The Morgan fingerprint density at radius 1 is 0.902 bits per heavy atom. The lowest BCUT2D eigenvalue weighted by Crippen LogP contribution is -2.70. The van der Waals surface area contributed by atoms with Crippen molar-refractivity contribution in [2.75, 3.05) is 33.5 Å². The molecule has 0 spiro atoms. The van der Waals surface area contributed by atoms with E-state index in [1.54, 1.807) is 11.0 Å². The molecule has 10 nitrogen and oxygen atoms in total. The van der Waals surface area contributed by atoms with Crippen LogP contribution < -0.4 is 9.47 Å². The van der Waals surface area contributed by atoms with Gasteiger partial charge < -0.3 is 34.0 Å². The van der Waals surface area contributed by atoms with Crippen molar-refractivity contribution in [3.05, 3.63) is 139 Å². The monoisotopic (exact) mass is 828 g/mol. The van der Waals surface area contributed by atoms with Crippen LogP contribution in [0.25, 0.3) is 11.1 Å². The molecule has 0 bridgehead atoms. The van der Waals surface area contributed by atoms with E-state index in [-0.39, 0.29) is 44.2 Å². The summed E-state index contributed by atoms with van der Waals surface area (Å²) in [6.45, 7) is 7.14. The molecule has 0 radical (unpaired) electrons. The molecular formula is C51H60N2O8. The molecular weight excluding hydrogens is 769 g/mol. The van der Waals surface area contributed by atoms with Gasteiger partial charge in [-0.3, -0.25) is 4.90 Å². The summed E-state index contributed by atoms with van der Waals surface area (Å²) < 4.78 is 26.4. The highest BCUT2D eigenvalue weighted by atomic mass is 16.7. The highest BCUT2D eigenvalue weighted by Crippen LogP contribution is 2.62. The fraction of sp³-hybridized carbons (Fsp3) is 0.412. The van der Waals surface area contributed by atoms with Gasteiger partial charge in [-0.1, -0.05) is 110 Å². The number of oxime groups is 1. The topological polar surface area (TPSA) is 119 Å². The van der Waals surface area contributed by atoms with E-state index in [1.165, 1.54) is 7.11 Å². The highest BCUT2D eigenvalue weighted by molar-refractivity contribution is 6.03. The first kappa shape index (κ1) is 43.7. The summed E-state index contributed by atoms with van der Waals surface area (Å²) in [5, 5.41) is 24.8. The van der Waals surface area contributed by atoms with Crippen molar-refractivity contribution in [1.29, 1.82) is 0 Å². The van der Waals surface area contributed by atoms with Gasteiger partial charge in [0.1, 0.15) is 29.9 Å². The number of aliphatic hydroxyl groups is 2. The second-order valence-corrected chi connectivity index (χ2v) is 16.2. The second kappa shape index (κ2) is 20.9. The molecule has 2 N–H and O–H groups in total. The molecule has 4 aromatic rings. The van der Waals surface area contributed by atoms with E-state index in [0.717, 1.165) is 59.2 Å². The van der Waals surface area contributed by atoms with Crippen molar-refractivity contribution in [2.45, 2.75) is 82.6 Å². The summed E-state index contributed by atoms with van der Waals surface area (Å²) >= 11 is 0. The number of fused-ring (bicyclic) bond motifs is 2. The fourth-order valence-corrected chi connectivity index (χ4v) is 9.69. The Hall–Kier alpha value is -5.42. The van der Waals surface area contributed by atoms with Gasteiger partial charge in [0.15, 0.2) is 0 Å². The molecule has 322 valence electrons. The Labute approximate surface area is 360 Å². The van der Waals surface area contributed by atoms with Gasteiger partial charge in [-0.2, -0.15) is 0 Å². The SMILES string of the molecule is C=CCOC12Oc3ccc(Oc4ccc(-c5ccccc5)cc4)cc3C3C(CCCCO)C(CCCCO)C=C(C(=NOCc4ccccc4)CC1N(CCC)C(=O)OC)C32. The molecule has 2 aliphatic carbocycles. The van der Waals surface area contributed by atoms with Crippen LogP contribution in [0, 0.1) is 17.8 Å². The van der Waals surface area contributed by atoms with Crippen LogP contribution in [0.3, 0.4) is 0 Å². The molecule has 10 heteroatoms. The summed E-state index contributed by atoms with van der Waals surface area (Å²) in [6, 6.07) is 33.6. The first-order chi connectivity index (χ1) is 29.9. The number of aliphatic hydroxyl groups excluding tert-OH is 2. The quantitative estimate of drug-likeness (QED) is 0.0514. The molecule has 0 saturated heterocycles. The normalized spacial score (nSPS) is 23.2. The van der Waals surface area contributed by atoms with Crippen LogP contribution in [-0.2, 0) is 20.9 Å². The number of nitrogens with zero attached hydrogens (tertiary/aromatic N) is 2. The molecule has 1 heterocycles. The van der Waals surface area contributed by atoms with Gasteiger partial charge in [0.2, 0.25) is 5.79 Å². The maximum Gasteiger partial charge on any atom is 0.409 e. The standard InChI is InChI=1S/C51H60N2O8/c1-4-28-53(50(56)57-3)47-34-45(52-59-35-36-16-8-6-9-17-36)43-32-39(20-12-14-29-54)42(21-13-15-30-55)48-44-33-41(26-27-46(44)61-51(47,49(43)48)58-31-5-2)60-40-24-22-38(23-25-40)37-18-10-7-11-19-37/h5-11,16-19,22-27,32-33,39,42,47-49,54-55H,2,4,12-15,20-21,28-31,34-35H2,1,3H3. The number of allylic oxidation sites excluding steroid dienone is 1. The largest absolute Gasteiger partial charge is 0.459 e. The fourth-order valence-electron chi connectivity index (χ4n) is 9.69. The third kappa shape index (κ3) is 9.72. The third-order valence-electron chi connectivity index (χ3n) is 12.3. The summed E-state index contributed by atoms with van der Waals surface area (Å²) in [5.74, 6) is 0.244. The van der Waals surface area contributed by atoms with E-state index in [0.29, 0.717) is 49.5 Å². The van der Waals surface area contributed by atoms with Gasteiger partial charge in [0.05, 0.1) is 25.3 Å². The van der Waals surface area contributed by atoms with Crippen LogP contribution in [0.4, 0.5) is 4.79 Å². The lowest BCUT2D eigenvalue weighted by molar-refractivity contribution is -0.255. The van der Waals surface area contributed by atoms with Crippen LogP contribution in [-0.4, -0.2) is 72.2 Å². The number of hydrogen-bond acceptors (Lipinski definition) is 9. The first-order valence-corrected chi connectivity index (χ1v) is 21.9. The number of carbonyl (C=O) groups excluding carboxylic acids is 1. The van der Waals surface area contributed by atoms with Gasteiger partial charge in [-0.05, 0) is 96.5 Å². The molecule has 1 saturated carbocycles. The van der Waals surface area contributed by atoms with Crippen molar-refractivity contribution >= 4 is 11.8 Å². The molecule has 61 heavy (non-hydrogen) atoms. The maximum atomic E-state index is 13.9. The molecule has 1 amide bonds. The van der Waals surface area contributed by atoms with E-state index in [2.05, 4.69) is 43.0 Å². The number of ether oxygens (including phenoxy) is 4. The Kier molecular flexibility index (Phi) is 15.0. The van der Waals surface area contributed by atoms with E-state index < -0.39 is 23.8 Å². The van der Waals surface area contributed by atoms with Gasteiger partial charge >= 0.3 is 6.09 Å². The van der Waals surface area contributed by atoms with Gasteiger partial charge in [-0.25, -0.2) is 4.79 Å². The van der Waals surface area contributed by atoms with Crippen molar-refractivity contribution in [3.63, 3.8) is 0 Å². The average molecular weight is 829 g/mol. The summed E-state index contributed by atoms with van der Waals surface area (Å²) in [7, 11) is 1.40. The van der Waals surface area contributed by atoms with Crippen molar-refractivity contribution < 1.29 is 38.8 Å². The van der Waals surface area contributed by atoms with Crippen molar-refractivity contribution in [1.82, 2.24) is 4.90 Å². The Morgan fingerprint density at radius 3 is 2.28 bits per heavy atom. The number of methoxy groups -OCH3 is 1.